The third-order valence-electron chi connectivity index (χ3n) is 6.01. The molecule has 2 fully saturated rings. The molecule has 0 bridgehead atoms. The van der Waals surface area contributed by atoms with E-state index < -0.39 is 0 Å². The number of nitrogens with zero attached hydrogens (tertiary/aromatic N) is 6. The molecule has 2 aromatic heterocycles. The van der Waals surface area contributed by atoms with Crippen molar-refractivity contribution in [2.45, 2.75) is 45.1 Å². The van der Waals surface area contributed by atoms with Crippen LogP contribution in [0.5, 0.6) is 0 Å². The van der Waals surface area contributed by atoms with Crippen LogP contribution in [-0.4, -0.2) is 64.5 Å². The minimum atomic E-state index is 0.0607. The Morgan fingerprint density at radius 1 is 1.00 bits per heavy atom. The highest BCUT2D eigenvalue weighted by molar-refractivity contribution is 5.94. The summed E-state index contributed by atoms with van der Waals surface area (Å²) in [4.78, 5) is 32.8. The largest absolute Gasteiger partial charge is 0.354 e. The maximum atomic E-state index is 13.0. The number of rotatable bonds is 4. The normalized spacial score (nSPS) is 20.4. The average Bonchev–Trinajstić information content (AvgIpc) is 3.06. The van der Waals surface area contributed by atoms with Gasteiger partial charge < -0.3 is 14.7 Å². The molecule has 154 valence electrons. The van der Waals surface area contributed by atoms with E-state index in [-0.39, 0.29) is 5.91 Å². The van der Waals surface area contributed by atoms with Crippen molar-refractivity contribution in [1.29, 1.82) is 0 Å². The van der Waals surface area contributed by atoms with E-state index in [4.69, 9.17) is 0 Å². The van der Waals surface area contributed by atoms with Crippen molar-refractivity contribution in [3.8, 4) is 0 Å². The quantitative estimate of drug-likeness (QED) is 0.794. The molecular formula is C22H30N6O. The minimum absolute atomic E-state index is 0.0607. The van der Waals surface area contributed by atoms with Crippen LogP contribution in [-0.2, 0) is 0 Å². The first kappa shape index (κ1) is 19.6. The van der Waals surface area contributed by atoms with Crippen LogP contribution in [0.1, 0.15) is 49.4 Å². The first-order valence-corrected chi connectivity index (χ1v) is 10.8. The number of anilines is 2. The molecule has 2 aromatic rings. The number of hydrogen-bond acceptors (Lipinski definition) is 6. The van der Waals surface area contributed by atoms with Gasteiger partial charge in [0.15, 0.2) is 0 Å². The van der Waals surface area contributed by atoms with Gasteiger partial charge in [0.1, 0.15) is 5.82 Å². The van der Waals surface area contributed by atoms with E-state index in [1.54, 1.807) is 18.6 Å². The Labute approximate surface area is 172 Å². The number of piperidine rings is 1. The number of amides is 1. The zero-order chi connectivity index (χ0) is 20.1. The topological polar surface area (TPSA) is 65.5 Å². The Morgan fingerprint density at radius 2 is 1.86 bits per heavy atom. The molecule has 1 amide bonds. The molecule has 4 rings (SSSR count). The molecule has 1 unspecified atom stereocenters. The molecule has 0 spiro atoms. The van der Waals surface area contributed by atoms with Gasteiger partial charge in [-0.05, 0) is 50.3 Å². The molecule has 0 aliphatic carbocycles. The molecule has 0 aromatic carbocycles. The van der Waals surface area contributed by atoms with Crippen molar-refractivity contribution < 1.29 is 4.79 Å². The van der Waals surface area contributed by atoms with Gasteiger partial charge in [-0.25, -0.2) is 15.0 Å². The van der Waals surface area contributed by atoms with Crippen LogP contribution in [0.25, 0.3) is 0 Å². The van der Waals surface area contributed by atoms with E-state index in [0.29, 0.717) is 18.2 Å². The summed E-state index contributed by atoms with van der Waals surface area (Å²) in [7, 11) is 0. The maximum Gasteiger partial charge on any atom is 0.255 e. The summed E-state index contributed by atoms with van der Waals surface area (Å²) < 4.78 is 0. The summed E-state index contributed by atoms with van der Waals surface area (Å²) in [5.41, 5.74) is 0.670. The highest BCUT2D eigenvalue weighted by Crippen LogP contribution is 2.25. The van der Waals surface area contributed by atoms with Gasteiger partial charge in [0.25, 0.3) is 5.91 Å². The van der Waals surface area contributed by atoms with Crippen molar-refractivity contribution in [2.24, 2.45) is 0 Å². The van der Waals surface area contributed by atoms with E-state index >= 15 is 0 Å². The highest BCUT2D eigenvalue weighted by Gasteiger charge is 2.24. The molecule has 1 atom stereocenters. The average molecular weight is 395 g/mol. The van der Waals surface area contributed by atoms with E-state index in [9.17, 15) is 4.79 Å². The van der Waals surface area contributed by atoms with Crippen LogP contribution in [0, 0.1) is 0 Å². The fourth-order valence-electron chi connectivity index (χ4n) is 4.37. The summed E-state index contributed by atoms with van der Waals surface area (Å²) in [6.07, 6.45) is 11.1. The van der Waals surface area contributed by atoms with Crippen molar-refractivity contribution >= 4 is 17.7 Å². The fraction of sp³-hybridized carbons (Fsp3) is 0.545. The number of carbonyl (C=O) groups excluding carboxylic acids is 1. The van der Waals surface area contributed by atoms with Crippen LogP contribution in [0.2, 0.25) is 0 Å². The fourth-order valence-corrected chi connectivity index (χ4v) is 4.37. The molecule has 0 saturated carbocycles. The van der Waals surface area contributed by atoms with E-state index in [0.717, 1.165) is 50.8 Å². The molecule has 7 heteroatoms. The van der Waals surface area contributed by atoms with E-state index in [2.05, 4.69) is 31.7 Å². The lowest BCUT2D eigenvalue weighted by molar-refractivity contribution is 0.0766. The molecule has 29 heavy (non-hydrogen) atoms. The third-order valence-corrected chi connectivity index (χ3v) is 6.01. The van der Waals surface area contributed by atoms with Crippen LogP contribution < -0.4 is 9.80 Å². The van der Waals surface area contributed by atoms with Crippen LogP contribution in [0.3, 0.4) is 0 Å². The Balaban J connectivity index is 1.40. The Hall–Kier alpha value is -2.70. The number of aromatic nitrogens is 3. The molecule has 2 saturated heterocycles. The predicted octanol–water partition coefficient (Wildman–Crippen LogP) is 2.99. The second kappa shape index (κ2) is 9.20. The Bertz CT molecular complexity index is 797. The lowest BCUT2D eigenvalue weighted by Crippen LogP contribution is -2.39. The van der Waals surface area contributed by atoms with Crippen LogP contribution in [0.15, 0.2) is 36.8 Å². The van der Waals surface area contributed by atoms with Gasteiger partial charge in [0.05, 0.1) is 5.56 Å². The number of carbonyl (C=O) groups is 1. The lowest BCUT2D eigenvalue weighted by Gasteiger charge is -2.36. The maximum absolute atomic E-state index is 13.0. The van der Waals surface area contributed by atoms with Crippen LogP contribution >= 0.6 is 0 Å². The second-order valence-electron chi connectivity index (χ2n) is 7.84. The monoisotopic (exact) mass is 394 g/mol. The lowest BCUT2D eigenvalue weighted by atomic mass is 10.00. The SMILES string of the molecule is CCC1CCCCN1c1ccc(C(=O)N2CCCN(c3ncccn3)CC2)cn1. The zero-order valence-electron chi connectivity index (χ0n) is 17.2. The van der Waals surface area contributed by atoms with Gasteiger partial charge in [-0.15, -0.1) is 0 Å². The molecular weight excluding hydrogens is 364 g/mol. The molecule has 4 heterocycles. The van der Waals surface area contributed by atoms with Gasteiger partial charge in [0, 0.05) is 57.4 Å². The Morgan fingerprint density at radius 3 is 2.62 bits per heavy atom. The van der Waals surface area contributed by atoms with Gasteiger partial charge in [-0.1, -0.05) is 6.92 Å². The summed E-state index contributed by atoms with van der Waals surface area (Å²) in [6, 6.07) is 6.34. The second-order valence-corrected chi connectivity index (χ2v) is 7.84. The summed E-state index contributed by atoms with van der Waals surface area (Å²) in [6.45, 7) is 6.31. The van der Waals surface area contributed by atoms with Crippen molar-refractivity contribution in [3.63, 3.8) is 0 Å². The molecule has 2 aliphatic heterocycles. The molecule has 0 N–H and O–H groups in total. The van der Waals surface area contributed by atoms with Gasteiger partial charge >= 0.3 is 0 Å². The molecule has 2 aliphatic rings. The van der Waals surface area contributed by atoms with Crippen molar-refractivity contribution in [3.05, 3.63) is 42.4 Å². The Kier molecular flexibility index (Phi) is 6.22. The van der Waals surface area contributed by atoms with Crippen molar-refractivity contribution in [2.75, 3.05) is 42.5 Å². The first-order valence-electron chi connectivity index (χ1n) is 10.8. The highest BCUT2D eigenvalue weighted by atomic mass is 16.2. The standard InChI is InChI=1S/C22H30N6O/c1-2-19-7-3-4-14-28(19)20-9-8-18(17-25-20)21(29)26-12-6-13-27(16-15-26)22-23-10-5-11-24-22/h5,8-11,17,19H,2-4,6-7,12-16H2,1H3. The van der Waals surface area contributed by atoms with Gasteiger partial charge in [0.2, 0.25) is 5.95 Å². The predicted molar refractivity (Wildman–Crippen MR) is 114 cm³/mol. The molecule has 7 nitrogen and oxygen atoms in total. The van der Waals surface area contributed by atoms with Crippen molar-refractivity contribution in [1.82, 2.24) is 19.9 Å². The van der Waals surface area contributed by atoms with Crippen LogP contribution in [0.4, 0.5) is 11.8 Å². The minimum Gasteiger partial charge on any atom is -0.354 e. The van der Waals surface area contributed by atoms with Gasteiger partial charge in [-0.3, -0.25) is 4.79 Å². The van der Waals surface area contributed by atoms with E-state index in [1.165, 1.54) is 19.3 Å². The van der Waals surface area contributed by atoms with Gasteiger partial charge in [-0.2, -0.15) is 0 Å². The smallest absolute Gasteiger partial charge is 0.255 e. The van der Waals surface area contributed by atoms with E-state index in [1.807, 2.05) is 23.1 Å². The summed E-state index contributed by atoms with van der Waals surface area (Å²) in [5, 5.41) is 0. The first-order chi connectivity index (χ1) is 14.3. The summed E-state index contributed by atoms with van der Waals surface area (Å²) in [5.74, 6) is 1.79. The zero-order valence-corrected chi connectivity index (χ0v) is 17.2. The number of pyridine rings is 1. The molecule has 0 radical (unpaired) electrons. The third kappa shape index (κ3) is 4.49. The summed E-state index contributed by atoms with van der Waals surface area (Å²) >= 11 is 0. The number of hydrogen-bond donors (Lipinski definition) is 0.